The van der Waals surface area contributed by atoms with E-state index in [0.29, 0.717) is 11.0 Å². The van der Waals surface area contributed by atoms with E-state index in [1.54, 1.807) is 6.07 Å². The molecule has 0 spiro atoms. The first kappa shape index (κ1) is 15.4. The van der Waals surface area contributed by atoms with Crippen LogP contribution in [0.4, 0.5) is 10.1 Å². The van der Waals surface area contributed by atoms with Crippen molar-refractivity contribution in [1.29, 1.82) is 0 Å². The van der Waals surface area contributed by atoms with Crippen LogP contribution >= 0.6 is 15.9 Å². The highest BCUT2D eigenvalue weighted by atomic mass is 79.9. The summed E-state index contributed by atoms with van der Waals surface area (Å²) in [4.78, 5) is 0. The van der Waals surface area contributed by atoms with Gasteiger partial charge in [-0.3, -0.25) is 0 Å². The second kappa shape index (κ2) is 6.53. The van der Waals surface area contributed by atoms with Crippen molar-refractivity contribution in [1.82, 2.24) is 0 Å². The van der Waals surface area contributed by atoms with Gasteiger partial charge < -0.3 is 10.4 Å². The summed E-state index contributed by atoms with van der Waals surface area (Å²) in [5.41, 5.74) is 1.65. The van der Waals surface area contributed by atoms with Crippen LogP contribution in [0, 0.1) is 18.2 Å². The maximum absolute atomic E-state index is 13.5. The number of halogens is 2. The molecule has 0 aliphatic carbocycles. The third kappa shape index (κ3) is 3.45. The van der Waals surface area contributed by atoms with Crippen LogP contribution in [0.25, 0.3) is 0 Å². The molecule has 102 valence electrons. The second-order valence-corrected chi connectivity index (χ2v) is 5.65. The van der Waals surface area contributed by atoms with Crippen LogP contribution in [0.1, 0.15) is 32.3 Å². The Balaban J connectivity index is 2.83. The van der Waals surface area contributed by atoms with Gasteiger partial charge in [0.15, 0.2) is 0 Å². The minimum Gasteiger partial charge on any atom is -0.396 e. The maximum atomic E-state index is 13.5. The monoisotopic (exact) mass is 317 g/mol. The van der Waals surface area contributed by atoms with Gasteiger partial charge in [-0.05, 0) is 53.4 Å². The lowest BCUT2D eigenvalue weighted by atomic mass is 9.83. The molecule has 2 N–H and O–H groups in total. The van der Waals surface area contributed by atoms with E-state index in [-0.39, 0.29) is 17.8 Å². The van der Waals surface area contributed by atoms with E-state index in [0.717, 1.165) is 24.1 Å². The number of anilines is 1. The fourth-order valence-electron chi connectivity index (χ4n) is 1.90. The van der Waals surface area contributed by atoms with E-state index < -0.39 is 0 Å². The molecule has 0 unspecified atom stereocenters. The molecule has 0 atom stereocenters. The van der Waals surface area contributed by atoms with Gasteiger partial charge >= 0.3 is 0 Å². The van der Waals surface area contributed by atoms with E-state index in [4.69, 9.17) is 0 Å². The number of rotatable bonds is 6. The SMILES string of the molecule is CCC(CC)(CO)CNc1cc(F)c(Br)cc1C. The quantitative estimate of drug-likeness (QED) is 0.827. The molecule has 0 amide bonds. The summed E-state index contributed by atoms with van der Waals surface area (Å²) >= 11 is 3.17. The topological polar surface area (TPSA) is 32.3 Å². The fourth-order valence-corrected chi connectivity index (χ4v) is 2.36. The Morgan fingerprint density at radius 2 is 1.94 bits per heavy atom. The molecule has 1 rings (SSSR count). The van der Waals surface area contributed by atoms with Crippen molar-refractivity contribution in [2.75, 3.05) is 18.5 Å². The highest BCUT2D eigenvalue weighted by Crippen LogP contribution is 2.28. The van der Waals surface area contributed by atoms with E-state index in [2.05, 4.69) is 35.1 Å². The Hall–Kier alpha value is -0.610. The molecule has 0 aliphatic heterocycles. The first-order valence-corrected chi connectivity index (χ1v) is 7.07. The zero-order valence-electron chi connectivity index (χ0n) is 11.2. The number of hydrogen-bond donors (Lipinski definition) is 2. The van der Waals surface area contributed by atoms with E-state index >= 15 is 0 Å². The lowest BCUT2D eigenvalue weighted by Gasteiger charge is -2.30. The van der Waals surface area contributed by atoms with Crippen LogP contribution in [0.3, 0.4) is 0 Å². The van der Waals surface area contributed by atoms with Gasteiger partial charge in [-0.15, -0.1) is 0 Å². The average Bonchev–Trinajstić information content (AvgIpc) is 2.37. The molecule has 0 heterocycles. The molecule has 1 aromatic carbocycles. The van der Waals surface area contributed by atoms with Crippen molar-refractivity contribution in [2.45, 2.75) is 33.6 Å². The van der Waals surface area contributed by atoms with Crippen molar-refractivity contribution < 1.29 is 9.50 Å². The van der Waals surface area contributed by atoms with Crippen molar-refractivity contribution >= 4 is 21.6 Å². The van der Waals surface area contributed by atoms with Crippen molar-refractivity contribution in [2.24, 2.45) is 5.41 Å². The molecule has 0 saturated heterocycles. The maximum Gasteiger partial charge on any atom is 0.139 e. The van der Waals surface area contributed by atoms with Crippen molar-refractivity contribution in [3.63, 3.8) is 0 Å². The minimum absolute atomic E-state index is 0.129. The Morgan fingerprint density at radius 1 is 1.33 bits per heavy atom. The summed E-state index contributed by atoms with van der Waals surface area (Å²) in [6.45, 7) is 6.86. The van der Waals surface area contributed by atoms with Gasteiger partial charge in [0.1, 0.15) is 5.82 Å². The molecule has 18 heavy (non-hydrogen) atoms. The van der Waals surface area contributed by atoms with Crippen LogP contribution in [0.5, 0.6) is 0 Å². The van der Waals surface area contributed by atoms with Gasteiger partial charge in [0, 0.05) is 17.6 Å². The van der Waals surface area contributed by atoms with Crippen LogP contribution < -0.4 is 5.32 Å². The summed E-state index contributed by atoms with van der Waals surface area (Å²) in [6, 6.07) is 3.25. The zero-order valence-corrected chi connectivity index (χ0v) is 12.8. The third-order valence-electron chi connectivity index (χ3n) is 3.76. The summed E-state index contributed by atoms with van der Waals surface area (Å²) in [7, 11) is 0. The lowest BCUT2D eigenvalue weighted by Crippen LogP contribution is -2.32. The third-order valence-corrected chi connectivity index (χ3v) is 4.36. The van der Waals surface area contributed by atoms with Gasteiger partial charge in [0.05, 0.1) is 11.1 Å². The molecule has 0 aliphatic rings. The highest BCUT2D eigenvalue weighted by molar-refractivity contribution is 9.10. The minimum atomic E-state index is -0.273. The van der Waals surface area contributed by atoms with Crippen molar-refractivity contribution in [3.05, 3.63) is 28.0 Å². The molecular weight excluding hydrogens is 297 g/mol. The standard InChI is InChI=1S/C14H21BrFNO/c1-4-14(5-2,9-18)8-17-13-7-12(16)11(15)6-10(13)3/h6-7,17-18H,4-5,8-9H2,1-3H3. The smallest absolute Gasteiger partial charge is 0.139 e. The van der Waals surface area contributed by atoms with Crippen LogP contribution in [0.15, 0.2) is 16.6 Å². The number of nitrogens with one attached hydrogen (secondary N) is 1. The molecule has 0 aromatic heterocycles. The lowest BCUT2D eigenvalue weighted by molar-refractivity contribution is 0.127. The number of hydrogen-bond acceptors (Lipinski definition) is 2. The van der Waals surface area contributed by atoms with Crippen molar-refractivity contribution in [3.8, 4) is 0 Å². The number of benzene rings is 1. The predicted octanol–water partition coefficient (Wildman–Crippen LogP) is 4.11. The Bertz CT molecular complexity index is 397. The van der Waals surface area contributed by atoms with Gasteiger partial charge in [-0.2, -0.15) is 0 Å². The van der Waals surface area contributed by atoms with E-state index in [1.165, 1.54) is 6.07 Å². The molecule has 4 heteroatoms. The summed E-state index contributed by atoms with van der Waals surface area (Å²) < 4.78 is 14.0. The second-order valence-electron chi connectivity index (χ2n) is 4.80. The molecule has 0 radical (unpaired) electrons. The molecule has 2 nitrogen and oxygen atoms in total. The fraction of sp³-hybridized carbons (Fsp3) is 0.571. The number of aryl methyl sites for hydroxylation is 1. The Kier molecular flexibility index (Phi) is 5.60. The Labute approximate surface area is 117 Å². The van der Waals surface area contributed by atoms with E-state index in [1.807, 2.05) is 6.92 Å². The molecule has 1 aromatic rings. The summed E-state index contributed by atoms with van der Waals surface area (Å²) in [5.74, 6) is -0.273. The summed E-state index contributed by atoms with van der Waals surface area (Å²) in [6.07, 6.45) is 1.79. The average molecular weight is 318 g/mol. The molecular formula is C14H21BrFNO. The molecule has 0 saturated carbocycles. The summed E-state index contributed by atoms with van der Waals surface area (Å²) in [5, 5.41) is 12.8. The first-order valence-electron chi connectivity index (χ1n) is 6.28. The van der Waals surface area contributed by atoms with Gasteiger partial charge in [-0.25, -0.2) is 4.39 Å². The largest absolute Gasteiger partial charge is 0.396 e. The zero-order chi connectivity index (χ0) is 13.8. The number of aliphatic hydroxyl groups is 1. The van der Waals surface area contributed by atoms with Crippen LogP contribution in [-0.4, -0.2) is 18.3 Å². The van der Waals surface area contributed by atoms with Crippen LogP contribution in [-0.2, 0) is 0 Å². The van der Waals surface area contributed by atoms with Crippen LogP contribution in [0.2, 0.25) is 0 Å². The van der Waals surface area contributed by atoms with E-state index in [9.17, 15) is 9.50 Å². The molecule has 0 fully saturated rings. The van der Waals surface area contributed by atoms with Gasteiger partial charge in [0.25, 0.3) is 0 Å². The molecule has 0 bridgehead atoms. The van der Waals surface area contributed by atoms with Gasteiger partial charge in [0.2, 0.25) is 0 Å². The first-order chi connectivity index (χ1) is 8.48. The highest BCUT2D eigenvalue weighted by Gasteiger charge is 2.25. The number of aliphatic hydroxyl groups excluding tert-OH is 1. The Morgan fingerprint density at radius 3 is 2.44 bits per heavy atom. The predicted molar refractivity (Wildman–Crippen MR) is 77.4 cm³/mol. The normalized spacial score (nSPS) is 11.7. The van der Waals surface area contributed by atoms with Gasteiger partial charge in [-0.1, -0.05) is 13.8 Å².